The van der Waals surface area contributed by atoms with Crippen LogP contribution in [0.15, 0.2) is 35.6 Å². The number of carbonyl (C=O) groups excluding carboxylic acids is 2. The smallest absolute Gasteiger partial charge is 0.341 e. The van der Waals surface area contributed by atoms with Gasteiger partial charge in [0, 0.05) is 9.90 Å². The number of hydrogen-bond donors (Lipinski definition) is 2. The number of aromatic nitrogens is 2. The third-order valence-electron chi connectivity index (χ3n) is 4.95. The lowest BCUT2D eigenvalue weighted by Gasteiger charge is -2.12. The quantitative estimate of drug-likeness (QED) is 0.344. The van der Waals surface area contributed by atoms with Crippen molar-refractivity contribution < 1.29 is 14.3 Å². The minimum Gasteiger partial charge on any atom is -0.462 e. The number of amides is 1. The van der Waals surface area contributed by atoms with E-state index in [1.54, 1.807) is 13.1 Å². The second-order valence-corrected chi connectivity index (χ2v) is 9.59. The number of thiophene rings is 1. The van der Waals surface area contributed by atoms with E-state index in [-0.39, 0.29) is 17.6 Å². The third kappa shape index (κ3) is 5.14. The summed E-state index contributed by atoms with van der Waals surface area (Å²) < 4.78 is 5.24. The molecule has 0 spiro atoms. The maximum atomic E-state index is 12.6. The van der Waals surface area contributed by atoms with Crippen molar-refractivity contribution in [2.45, 2.75) is 37.8 Å². The van der Waals surface area contributed by atoms with Gasteiger partial charge in [-0.15, -0.1) is 11.3 Å². The van der Waals surface area contributed by atoms with Gasteiger partial charge >= 0.3 is 5.97 Å². The van der Waals surface area contributed by atoms with Crippen LogP contribution >= 0.6 is 34.7 Å². The van der Waals surface area contributed by atoms with E-state index >= 15 is 0 Å². The highest BCUT2D eigenvalue weighted by Gasteiger charge is 2.27. The number of rotatable bonds is 7. The van der Waals surface area contributed by atoms with Gasteiger partial charge in [-0.2, -0.15) is 0 Å². The summed E-state index contributed by atoms with van der Waals surface area (Å²) in [6.07, 6.45) is 5.68. The molecule has 0 aliphatic heterocycles. The van der Waals surface area contributed by atoms with Gasteiger partial charge in [-0.05, 0) is 55.9 Å². The SMILES string of the molecule is CCOC(=O)c1c(NC(=O)CSc2ncc(-c3ccc(Cl)cc3)[nH]2)sc2c1CCCC2. The molecule has 0 saturated heterocycles. The number of benzene rings is 1. The van der Waals surface area contributed by atoms with Gasteiger partial charge in [0.25, 0.3) is 0 Å². The zero-order chi connectivity index (χ0) is 21.8. The van der Waals surface area contributed by atoms with E-state index in [1.165, 1.54) is 28.0 Å². The van der Waals surface area contributed by atoms with Crippen molar-refractivity contribution in [2.75, 3.05) is 17.7 Å². The topological polar surface area (TPSA) is 84.1 Å². The number of fused-ring (bicyclic) bond motifs is 1. The molecule has 31 heavy (non-hydrogen) atoms. The first kappa shape index (κ1) is 21.9. The summed E-state index contributed by atoms with van der Waals surface area (Å²) >= 11 is 8.74. The van der Waals surface area contributed by atoms with Crippen LogP contribution in [0, 0.1) is 0 Å². The molecule has 162 valence electrons. The fraction of sp³-hybridized carbons (Fsp3) is 0.318. The Kier molecular flexibility index (Phi) is 6.99. The van der Waals surface area contributed by atoms with Crippen molar-refractivity contribution in [3.8, 4) is 11.3 Å². The average molecular weight is 476 g/mol. The van der Waals surface area contributed by atoms with Crippen LogP contribution in [0.25, 0.3) is 11.3 Å². The van der Waals surface area contributed by atoms with Crippen LogP contribution in [0.5, 0.6) is 0 Å². The number of esters is 1. The van der Waals surface area contributed by atoms with Crippen LogP contribution < -0.4 is 5.32 Å². The van der Waals surface area contributed by atoms with E-state index in [0.29, 0.717) is 27.4 Å². The molecular weight excluding hydrogens is 454 g/mol. The zero-order valence-corrected chi connectivity index (χ0v) is 19.4. The van der Waals surface area contributed by atoms with Gasteiger partial charge in [-0.25, -0.2) is 9.78 Å². The van der Waals surface area contributed by atoms with Crippen LogP contribution in [0.3, 0.4) is 0 Å². The van der Waals surface area contributed by atoms with Gasteiger partial charge < -0.3 is 15.0 Å². The zero-order valence-electron chi connectivity index (χ0n) is 17.0. The van der Waals surface area contributed by atoms with Crippen molar-refractivity contribution in [1.29, 1.82) is 0 Å². The fourth-order valence-electron chi connectivity index (χ4n) is 3.52. The molecule has 0 saturated carbocycles. The molecule has 1 aliphatic carbocycles. The maximum Gasteiger partial charge on any atom is 0.341 e. The number of anilines is 1. The highest BCUT2D eigenvalue weighted by Crippen LogP contribution is 2.38. The summed E-state index contributed by atoms with van der Waals surface area (Å²) in [5, 5.41) is 4.84. The number of hydrogen-bond acceptors (Lipinski definition) is 6. The number of nitrogens with zero attached hydrogens (tertiary/aromatic N) is 1. The molecule has 4 rings (SSSR count). The fourth-order valence-corrected chi connectivity index (χ4v) is 5.59. The molecule has 6 nitrogen and oxygen atoms in total. The second-order valence-electron chi connectivity index (χ2n) is 7.08. The monoisotopic (exact) mass is 475 g/mol. The summed E-state index contributed by atoms with van der Waals surface area (Å²) in [5.74, 6) is -0.361. The molecule has 1 aliphatic rings. The third-order valence-corrected chi connectivity index (χ3v) is 7.30. The lowest BCUT2D eigenvalue weighted by Crippen LogP contribution is -2.17. The largest absolute Gasteiger partial charge is 0.462 e. The molecule has 0 bridgehead atoms. The van der Waals surface area contributed by atoms with Gasteiger partial charge in [0.2, 0.25) is 5.91 Å². The van der Waals surface area contributed by atoms with Gasteiger partial charge in [-0.3, -0.25) is 4.79 Å². The summed E-state index contributed by atoms with van der Waals surface area (Å²) in [6.45, 7) is 2.09. The van der Waals surface area contributed by atoms with E-state index in [1.807, 2.05) is 24.3 Å². The number of ether oxygens (including phenoxy) is 1. The highest BCUT2D eigenvalue weighted by molar-refractivity contribution is 7.99. The number of H-pyrrole nitrogens is 1. The van der Waals surface area contributed by atoms with Crippen molar-refractivity contribution in [3.63, 3.8) is 0 Å². The molecule has 0 fully saturated rings. The summed E-state index contributed by atoms with van der Waals surface area (Å²) in [6, 6.07) is 7.46. The lowest BCUT2D eigenvalue weighted by molar-refractivity contribution is -0.113. The van der Waals surface area contributed by atoms with E-state index < -0.39 is 0 Å². The molecule has 2 N–H and O–H groups in total. The molecule has 9 heteroatoms. The first-order chi connectivity index (χ1) is 15.0. The van der Waals surface area contributed by atoms with Crippen LogP contribution in [-0.4, -0.2) is 34.2 Å². The Hall–Kier alpha value is -2.29. The molecular formula is C22H22ClN3O3S2. The van der Waals surface area contributed by atoms with Gasteiger partial charge in [0.1, 0.15) is 5.00 Å². The molecule has 0 atom stereocenters. The Labute approximate surface area is 193 Å². The number of halogens is 1. The van der Waals surface area contributed by atoms with Gasteiger partial charge in [0.15, 0.2) is 5.16 Å². The van der Waals surface area contributed by atoms with Crippen LogP contribution in [0.2, 0.25) is 5.02 Å². The summed E-state index contributed by atoms with van der Waals surface area (Å²) in [4.78, 5) is 33.9. The second kappa shape index (κ2) is 9.89. The number of imidazole rings is 1. The minimum absolute atomic E-state index is 0.179. The summed E-state index contributed by atoms with van der Waals surface area (Å²) in [7, 11) is 0. The highest BCUT2D eigenvalue weighted by atomic mass is 35.5. The van der Waals surface area contributed by atoms with Crippen molar-refractivity contribution >= 4 is 51.6 Å². The van der Waals surface area contributed by atoms with Crippen LogP contribution in [-0.2, 0) is 22.4 Å². The Bertz CT molecular complexity index is 1090. The van der Waals surface area contributed by atoms with E-state index in [2.05, 4.69) is 15.3 Å². The molecule has 0 unspecified atom stereocenters. The predicted octanol–water partition coefficient (Wildman–Crippen LogP) is 5.58. The van der Waals surface area contributed by atoms with Crippen LogP contribution in [0.4, 0.5) is 5.00 Å². The van der Waals surface area contributed by atoms with Gasteiger partial charge in [-0.1, -0.05) is 35.5 Å². The van der Waals surface area contributed by atoms with Crippen LogP contribution in [0.1, 0.15) is 40.6 Å². The molecule has 2 aromatic heterocycles. The Morgan fingerprint density at radius 1 is 1.26 bits per heavy atom. The predicted molar refractivity (Wildman–Crippen MR) is 125 cm³/mol. The van der Waals surface area contributed by atoms with Crippen molar-refractivity contribution in [3.05, 3.63) is 51.5 Å². The number of nitrogens with one attached hydrogen (secondary N) is 2. The summed E-state index contributed by atoms with van der Waals surface area (Å²) in [5.41, 5.74) is 3.39. The standard InChI is InChI=1S/C22H22ClN3O3S2/c1-2-29-21(28)19-15-5-3-4-6-17(15)31-20(19)26-18(27)12-30-22-24-11-16(25-22)13-7-9-14(23)10-8-13/h7-11H,2-6,12H2,1H3,(H,24,25)(H,26,27). The Balaban J connectivity index is 1.42. The first-order valence-electron chi connectivity index (χ1n) is 10.1. The number of aryl methyl sites for hydroxylation is 1. The Morgan fingerprint density at radius 2 is 2.03 bits per heavy atom. The molecule has 1 amide bonds. The Morgan fingerprint density at radius 3 is 2.81 bits per heavy atom. The normalized spacial score (nSPS) is 13.0. The molecule has 2 heterocycles. The average Bonchev–Trinajstić information content (AvgIpc) is 3.37. The minimum atomic E-state index is -0.358. The number of aromatic amines is 1. The van der Waals surface area contributed by atoms with E-state index in [0.717, 1.165) is 42.5 Å². The molecule has 1 aromatic carbocycles. The lowest BCUT2D eigenvalue weighted by atomic mass is 9.95. The van der Waals surface area contributed by atoms with Crippen molar-refractivity contribution in [1.82, 2.24) is 9.97 Å². The van der Waals surface area contributed by atoms with E-state index in [4.69, 9.17) is 16.3 Å². The van der Waals surface area contributed by atoms with Gasteiger partial charge in [0.05, 0.1) is 29.8 Å². The first-order valence-corrected chi connectivity index (χ1v) is 12.3. The molecule has 3 aromatic rings. The number of thioether (sulfide) groups is 1. The van der Waals surface area contributed by atoms with Crippen molar-refractivity contribution in [2.24, 2.45) is 0 Å². The van der Waals surface area contributed by atoms with E-state index in [9.17, 15) is 9.59 Å². The number of carbonyl (C=O) groups is 2. The maximum absolute atomic E-state index is 12.6. The molecule has 0 radical (unpaired) electrons.